The number of hydrogen-bond acceptors (Lipinski definition) is 3. The van der Waals surface area contributed by atoms with Crippen molar-refractivity contribution < 1.29 is 19.5 Å². The third-order valence-corrected chi connectivity index (χ3v) is 4.17. The Morgan fingerprint density at radius 2 is 1.38 bits per heavy atom. The average molecular weight is 353 g/mol. The standard InChI is InChI=1S/C21H23NO4/c1-15(23)22-19(13-17-10-6-3-7-11-17)20(24)14-18(21(25)26)12-16-8-4-2-5-9-16/h2-11,18-19H,12-14H2,1H3,(H,22,23)(H,25,26)/t18-,19+/m1/s1. The van der Waals surface area contributed by atoms with E-state index in [2.05, 4.69) is 5.32 Å². The number of carboxylic acids is 1. The first-order valence-electron chi connectivity index (χ1n) is 8.56. The van der Waals surface area contributed by atoms with Gasteiger partial charge in [-0.05, 0) is 24.0 Å². The first-order chi connectivity index (χ1) is 12.5. The summed E-state index contributed by atoms with van der Waals surface area (Å²) in [6, 6.07) is 17.8. The summed E-state index contributed by atoms with van der Waals surface area (Å²) >= 11 is 0. The Morgan fingerprint density at radius 1 is 0.885 bits per heavy atom. The van der Waals surface area contributed by atoms with Crippen LogP contribution < -0.4 is 5.32 Å². The molecule has 1 amide bonds. The topological polar surface area (TPSA) is 83.5 Å². The van der Waals surface area contributed by atoms with Crippen molar-refractivity contribution >= 4 is 17.7 Å². The summed E-state index contributed by atoms with van der Waals surface area (Å²) in [5, 5.41) is 12.2. The van der Waals surface area contributed by atoms with Gasteiger partial charge in [0.25, 0.3) is 0 Å². The molecule has 0 aliphatic heterocycles. The van der Waals surface area contributed by atoms with Crippen molar-refractivity contribution in [1.29, 1.82) is 0 Å². The van der Waals surface area contributed by atoms with Crippen LogP contribution in [-0.2, 0) is 27.2 Å². The molecule has 5 nitrogen and oxygen atoms in total. The van der Waals surface area contributed by atoms with Crippen molar-refractivity contribution in [3.05, 3.63) is 71.8 Å². The second-order valence-electron chi connectivity index (χ2n) is 6.34. The van der Waals surface area contributed by atoms with Crippen LogP contribution in [0.1, 0.15) is 24.5 Å². The van der Waals surface area contributed by atoms with Crippen LogP contribution in [0, 0.1) is 5.92 Å². The van der Waals surface area contributed by atoms with Crippen LogP contribution in [0.5, 0.6) is 0 Å². The zero-order chi connectivity index (χ0) is 18.9. The summed E-state index contributed by atoms with van der Waals surface area (Å²) in [5.41, 5.74) is 1.78. The monoisotopic (exact) mass is 353 g/mol. The van der Waals surface area contributed by atoms with Gasteiger partial charge in [0.2, 0.25) is 5.91 Å². The number of carbonyl (C=O) groups excluding carboxylic acids is 2. The number of Topliss-reactive ketones (excluding diaryl/α,β-unsaturated/α-hetero) is 1. The molecule has 0 radical (unpaired) electrons. The lowest BCUT2D eigenvalue weighted by molar-refractivity contribution is -0.144. The van der Waals surface area contributed by atoms with Gasteiger partial charge in [-0.25, -0.2) is 0 Å². The van der Waals surface area contributed by atoms with Crippen molar-refractivity contribution in [2.75, 3.05) is 0 Å². The highest BCUT2D eigenvalue weighted by molar-refractivity contribution is 5.91. The van der Waals surface area contributed by atoms with E-state index < -0.39 is 17.9 Å². The van der Waals surface area contributed by atoms with Crippen LogP contribution in [0.4, 0.5) is 0 Å². The van der Waals surface area contributed by atoms with Crippen molar-refractivity contribution in [3.63, 3.8) is 0 Å². The molecule has 0 spiro atoms. The normalized spacial score (nSPS) is 12.8. The number of benzene rings is 2. The molecular formula is C21H23NO4. The lowest BCUT2D eigenvalue weighted by atomic mass is 9.90. The van der Waals surface area contributed by atoms with Gasteiger partial charge in [-0.15, -0.1) is 0 Å². The van der Waals surface area contributed by atoms with Gasteiger partial charge < -0.3 is 10.4 Å². The second kappa shape index (κ2) is 9.51. The number of rotatable bonds is 9. The fraction of sp³-hybridized carbons (Fsp3) is 0.286. The fourth-order valence-electron chi connectivity index (χ4n) is 2.87. The highest BCUT2D eigenvalue weighted by Crippen LogP contribution is 2.16. The van der Waals surface area contributed by atoms with Crippen molar-refractivity contribution in [2.24, 2.45) is 5.92 Å². The van der Waals surface area contributed by atoms with Gasteiger partial charge in [-0.2, -0.15) is 0 Å². The molecule has 0 heterocycles. The van der Waals surface area contributed by atoms with E-state index in [-0.39, 0.29) is 24.5 Å². The van der Waals surface area contributed by atoms with Crippen LogP contribution in [0.15, 0.2) is 60.7 Å². The molecule has 0 aromatic heterocycles. The SMILES string of the molecule is CC(=O)N[C@@H](Cc1ccccc1)C(=O)C[C@@H](Cc1ccccc1)C(=O)O. The molecule has 2 atom stereocenters. The number of aliphatic carboxylic acids is 1. The molecule has 2 N–H and O–H groups in total. The third kappa shape index (κ3) is 6.16. The fourth-order valence-corrected chi connectivity index (χ4v) is 2.87. The minimum Gasteiger partial charge on any atom is -0.481 e. The highest BCUT2D eigenvalue weighted by Gasteiger charge is 2.27. The van der Waals surface area contributed by atoms with Gasteiger partial charge in [-0.3, -0.25) is 14.4 Å². The van der Waals surface area contributed by atoms with E-state index in [0.717, 1.165) is 11.1 Å². The number of ketones is 1. The second-order valence-corrected chi connectivity index (χ2v) is 6.34. The maximum absolute atomic E-state index is 12.7. The molecule has 2 aromatic carbocycles. The average Bonchev–Trinajstić information content (AvgIpc) is 2.62. The van der Waals surface area contributed by atoms with Crippen LogP contribution in [-0.4, -0.2) is 28.8 Å². The van der Waals surface area contributed by atoms with Gasteiger partial charge in [0.15, 0.2) is 5.78 Å². The Hall–Kier alpha value is -2.95. The molecule has 0 unspecified atom stereocenters. The van der Waals surface area contributed by atoms with Crippen molar-refractivity contribution in [3.8, 4) is 0 Å². The van der Waals surface area contributed by atoms with Crippen molar-refractivity contribution in [1.82, 2.24) is 5.32 Å². The maximum Gasteiger partial charge on any atom is 0.307 e. The van der Waals surface area contributed by atoms with Crippen LogP contribution in [0.3, 0.4) is 0 Å². The van der Waals surface area contributed by atoms with E-state index in [4.69, 9.17) is 0 Å². The molecule has 2 rings (SSSR count). The lowest BCUT2D eigenvalue weighted by Crippen LogP contribution is -2.42. The molecule has 0 saturated heterocycles. The van der Waals surface area contributed by atoms with Gasteiger partial charge in [0, 0.05) is 13.3 Å². The molecule has 5 heteroatoms. The summed E-state index contributed by atoms with van der Waals surface area (Å²) in [6.45, 7) is 1.35. The first kappa shape index (κ1) is 19.4. The van der Waals surface area contributed by atoms with E-state index in [1.54, 1.807) is 0 Å². The molecule has 0 saturated carbocycles. The van der Waals surface area contributed by atoms with E-state index >= 15 is 0 Å². The Kier molecular flexibility index (Phi) is 7.09. The molecular weight excluding hydrogens is 330 g/mol. The summed E-state index contributed by atoms with van der Waals surface area (Å²) in [4.78, 5) is 35.8. The van der Waals surface area contributed by atoms with Gasteiger partial charge in [0.1, 0.15) is 0 Å². The third-order valence-electron chi connectivity index (χ3n) is 4.17. The Bertz CT molecular complexity index is 743. The van der Waals surface area contributed by atoms with Gasteiger partial charge in [0.05, 0.1) is 12.0 Å². The van der Waals surface area contributed by atoms with E-state index in [0.29, 0.717) is 6.42 Å². The number of carbonyl (C=O) groups is 3. The molecule has 0 bridgehead atoms. The molecule has 0 aliphatic carbocycles. The zero-order valence-corrected chi connectivity index (χ0v) is 14.7. The minimum atomic E-state index is -1.01. The highest BCUT2D eigenvalue weighted by atomic mass is 16.4. The zero-order valence-electron chi connectivity index (χ0n) is 14.7. The Morgan fingerprint density at radius 3 is 1.85 bits per heavy atom. The number of amides is 1. The molecule has 0 fully saturated rings. The summed E-state index contributed by atoms with van der Waals surface area (Å²) in [7, 11) is 0. The number of carboxylic acid groups (broad SMARTS) is 1. The quantitative estimate of drug-likeness (QED) is 0.726. The molecule has 136 valence electrons. The minimum absolute atomic E-state index is 0.123. The summed E-state index contributed by atoms with van der Waals surface area (Å²) < 4.78 is 0. The van der Waals surface area contributed by atoms with Crippen LogP contribution in [0.25, 0.3) is 0 Å². The van der Waals surface area contributed by atoms with E-state index in [9.17, 15) is 19.5 Å². The summed E-state index contributed by atoms with van der Waals surface area (Å²) in [5.74, 6) is -2.41. The summed E-state index contributed by atoms with van der Waals surface area (Å²) in [6.07, 6.45) is 0.499. The predicted molar refractivity (Wildman–Crippen MR) is 98.6 cm³/mol. The lowest BCUT2D eigenvalue weighted by Gasteiger charge is -2.19. The predicted octanol–water partition coefficient (Wildman–Crippen LogP) is 2.64. The van der Waals surface area contributed by atoms with E-state index in [1.807, 2.05) is 60.7 Å². The van der Waals surface area contributed by atoms with Crippen LogP contribution >= 0.6 is 0 Å². The van der Waals surface area contributed by atoms with E-state index in [1.165, 1.54) is 6.92 Å². The van der Waals surface area contributed by atoms with Gasteiger partial charge >= 0.3 is 5.97 Å². The molecule has 26 heavy (non-hydrogen) atoms. The number of nitrogens with one attached hydrogen (secondary N) is 1. The van der Waals surface area contributed by atoms with Gasteiger partial charge in [-0.1, -0.05) is 60.7 Å². The first-order valence-corrected chi connectivity index (χ1v) is 8.56. The molecule has 2 aromatic rings. The van der Waals surface area contributed by atoms with Crippen molar-refractivity contribution in [2.45, 2.75) is 32.2 Å². The smallest absolute Gasteiger partial charge is 0.307 e. The largest absolute Gasteiger partial charge is 0.481 e. The van der Waals surface area contributed by atoms with Crippen LogP contribution in [0.2, 0.25) is 0 Å². The maximum atomic E-state index is 12.7. The Labute approximate surface area is 153 Å². The molecule has 0 aliphatic rings. The number of hydrogen-bond donors (Lipinski definition) is 2. The Balaban J connectivity index is 2.09.